The van der Waals surface area contributed by atoms with Crippen molar-refractivity contribution in [1.82, 2.24) is 25.4 Å². The van der Waals surface area contributed by atoms with Gasteiger partial charge in [0, 0.05) is 30.3 Å². The number of ether oxygens (including phenoxy) is 1. The number of hydrogen-bond donors (Lipinski definition) is 2. The van der Waals surface area contributed by atoms with Crippen LogP contribution >= 0.6 is 11.8 Å². The fraction of sp³-hybridized carbons (Fsp3) is 0.304. The predicted molar refractivity (Wildman–Crippen MR) is 122 cm³/mol. The molecule has 2 aromatic carbocycles. The molecule has 2 N–H and O–H groups in total. The highest BCUT2D eigenvalue weighted by atomic mass is 32.2. The highest BCUT2D eigenvalue weighted by Crippen LogP contribution is 2.28. The molecule has 0 spiro atoms. The Hall–Kier alpha value is -3.33. The average Bonchev–Trinajstić information content (AvgIpc) is 3.15. The quantitative estimate of drug-likeness (QED) is 0.510. The summed E-state index contributed by atoms with van der Waals surface area (Å²) >= 11 is 1.60. The number of rotatable bonds is 8. The van der Waals surface area contributed by atoms with Crippen LogP contribution in [0.15, 0.2) is 53.7 Å². The van der Waals surface area contributed by atoms with Gasteiger partial charge in [-0.1, -0.05) is 36.0 Å². The fourth-order valence-electron chi connectivity index (χ4n) is 3.58. The molecule has 1 atom stereocenters. The first-order valence-electron chi connectivity index (χ1n) is 10.5. The van der Waals surface area contributed by atoms with E-state index in [0.29, 0.717) is 18.9 Å². The smallest absolute Gasteiger partial charge is 0.321 e. The molecule has 0 radical (unpaired) electrons. The van der Waals surface area contributed by atoms with Crippen molar-refractivity contribution in [3.63, 3.8) is 0 Å². The molecule has 3 aromatic rings. The van der Waals surface area contributed by atoms with E-state index in [1.54, 1.807) is 11.8 Å². The summed E-state index contributed by atoms with van der Waals surface area (Å²) in [6, 6.07) is 15.2. The number of hydrogen-bond acceptors (Lipinski definition) is 6. The van der Waals surface area contributed by atoms with Crippen LogP contribution < -0.4 is 15.4 Å². The molecular formula is C23H25N5O3S. The molecule has 1 unspecified atom stereocenters. The molecular weight excluding hydrogens is 426 g/mol. The summed E-state index contributed by atoms with van der Waals surface area (Å²) in [5.41, 5.74) is 3.35. The molecule has 9 heteroatoms. The lowest BCUT2D eigenvalue weighted by Crippen LogP contribution is -2.53. The minimum Gasteiger partial charge on any atom is -0.494 e. The number of amides is 3. The Bertz CT molecular complexity index is 1100. The van der Waals surface area contributed by atoms with E-state index in [1.807, 2.05) is 47.9 Å². The number of imide groups is 1. The summed E-state index contributed by atoms with van der Waals surface area (Å²) in [5.74, 6) is 1.93. The van der Waals surface area contributed by atoms with Gasteiger partial charge in [0.2, 0.25) is 5.91 Å². The Balaban J connectivity index is 1.62. The number of carbonyl (C=O) groups is 2. The van der Waals surface area contributed by atoms with Crippen molar-refractivity contribution in [3.05, 3.63) is 65.5 Å². The Labute approximate surface area is 190 Å². The van der Waals surface area contributed by atoms with Crippen LogP contribution in [0.3, 0.4) is 0 Å². The van der Waals surface area contributed by atoms with E-state index in [4.69, 9.17) is 4.74 Å². The number of nitrogens with one attached hydrogen (secondary N) is 2. The largest absolute Gasteiger partial charge is 0.494 e. The lowest BCUT2D eigenvalue weighted by Gasteiger charge is -2.23. The number of thioether (sulfide) groups is 1. The van der Waals surface area contributed by atoms with Gasteiger partial charge in [0.15, 0.2) is 5.16 Å². The maximum absolute atomic E-state index is 11.8. The molecule has 1 aliphatic heterocycles. The third-order valence-corrected chi connectivity index (χ3v) is 6.15. The zero-order valence-electron chi connectivity index (χ0n) is 18.0. The summed E-state index contributed by atoms with van der Waals surface area (Å²) in [7, 11) is 0. The maximum atomic E-state index is 11.8. The van der Waals surface area contributed by atoms with E-state index in [1.165, 1.54) is 11.1 Å². The molecule has 1 aliphatic rings. The first-order valence-corrected chi connectivity index (χ1v) is 11.5. The third-order valence-electron chi connectivity index (χ3n) is 5.17. The van der Waals surface area contributed by atoms with Crippen LogP contribution in [0.25, 0.3) is 5.69 Å². The second-order valence-electron chi connectivity index (χ2n) is 7.50. The Morgan fingerprint density at radius 1 is 1.12 bits per heavy atom. The molecule has 4 rings (SSSR count). The van der Waals surface area contributed by atoms with E-state index in [-0.39, 0.29) is 18.4 Å². The lowest BCUT2D eigenvalue weighted by atomic mass is 10.1. The summed E-state index contributed by atoms with van der Waals surface area (Å²) in [6.45, 7) is 4.63. The van der Waals surface area contributed by atoms with Crippen LogP contribution in [0, 0.1) is 6.92 Å². The topological polar surface area (TPSA) is 98.1 Å². The summed E-state index contributed by atoms with van der Waals surface area (Å²) in [6.07, 6.45) is 0.595. The normalized spacial score (nSPS) is 15.9. The second kappa shape index (κ2) is 9.86. The minimum atomic E-state index is -0.479. The highest BCUT2D eigenvalue weighted by Gasteiger charge is 2.26. The highest BCUT2D eigenvalue weighted by molar-refractivity contribution is 7.98. The molecule has 0 bridgehead atoms. The Kier molecular flexibility index (Phi) is 6.75. The molecule has 8 nitrogen and oxygen atoms in total. The average molecular weight is 452 g/mol. The number of benzene rings is 2. The molecule has 0 saturated carbocycles. The van der Waals surface area contributed by atoms with Crippen LogP contribution in [-0.2, 0) is 17.0 Å². The first kappa shape index (κ1) is 21.9. The van der Waals surface area contributed by atoms with Gasteiger partial charge in [-0.2, -0.15) is 0 Å². The second-order valence-corrected chi connectivity index (χ2v) is 8.45. The van der Waals surface area contributed by atoms with Crippen LogP contribution in [0.1, 0.15) is 30.3 Å². The first-order chi connectivity index (χ1) is 15.5. The third kappa shape index (κ3) is 5.11. The maximum Gasteiger partial charge on any atom is 0.321 e. The number of urea groups is 1. The van der Waals surface area contributed by atoms with Gasteiger partial charge in [0.05, 0.1) is 6.61 Å². The van der Waals surface area contributed by atoms with Crippen molar-refractivity contribution in [1.29, 1.82) is 0 Å². The molecule has 1 fully saturated rings. The Morgan fingerprint density at radius 3 is 2.62 bits per heavy atom. The summed E-state index contributed by atoms with van der Waals surface area (Å²) in [5, 5.41) is 14.6. The van der Waals surface area contributed by atoms with Crippen LogP contribution in [0.4, 0.5) is 4.79 Å². The molecule has 0 aliphatic carbocycles. The number of nitrogens with zero attached hydrogens (tertiary/aromatic N) is 3. The zero-order valence-corrected chi connectivity index (χ0v) is 18.8. The van der Waals surface area contributed by atoms with Gasteiger partial charge in [-0.15, -0.1) is 10.2 Å². The van der Waals surface area contributed by atoms with Crippen LogP contribution in [0.2, 0.25) is 0 Å². The van der Waals surface area contributed by atoms with Crippen molar-refractivity contribution < 1.29 is 14.3 Å². The standard InChI is InChI=1S/C23H25N5O3S/c1-3-31-19-10-8-18(9-11-19)28-20(12-17-13-21(29)25-22(30)24-17)26-27-23(28)32-14-16-7-5-4-6-15(16)2/h4-11,17H,3,12-14H2,1-2H3,(H2,24,25,29,30). The van der Waals surface area contributed by atoms with Gasteiger partial charge in [-0.25, -0.2) is 4.79 Å². The van der Waals surface area contributed by atoms with Gasteiger partial charge >= 0.3 is 6.03 Å². The van der Waals surface area contributed by atoms with Crippen molar-refractivity contribution >= 4 is 23.7 Å². The van der Waals surface area contributed by atoms with Crippen molar-refractivity contribution in [2.45, 2.75) is 43.6 Å². The van der Waals surface area contributed by atoms with Crippen molar-refractivity contribution in [2.24, 2.45) is 0 Å². The molecule has 2 heterocycles. The van der Waals surface area contributed by atoms with E-state index >= 15 is 0 Å². The van der Waals surface area contributed by atoms with Crippen molar-refractivity contribution in [3.8, 4) is 11.4 Å². The fourth-order valence-corrected chi connectivity index (χ4v) is 4.62. The van der Waals surface area contributed by atoms with Gasteiger partial charge < -0.3 is 10.1 Å². The minimum absolute atomic E-state index is 0.202. The molecule has 1 aromatic heterocycles. The van der Waals surface area contributed by atoms with E-state index in [2.05, 4.69) is 39.9 Å². The molecule has 166 valence electrons. The monoisotopic (exact) mass is 451 g/mol. The number of aromatic nitrogens is 3. The number of carbonyl (C=O) groups excluding carboxylic acids is 2. The molecule has 32 heavy (non-hydrogen) atoms. The van der Waals surface area contributed by atoms with Gasteiger partial charge in [-0.05, 0) is 49.2 Å². The van der Waals surface area contributed by atoms with E-state index in [9.17, 15) is 9.59 Å². The lowest BCUT2D eigenvalue weighted by molar-refractivity contribution is -0.121. The zero-order chi connectivity index (χ0) is 22.5. The van der Waals surface area contributed by atoms with Crippen LogP contribution in [0.5, 0.6) is 5.75 Å². The van der Waals surface area contributed by atoms with Gasteiger partial charge in [0.25, 0.3) is 0 Å². The van der Waals surface area contributed by atoms with Crippen LogP contribution in [-0.4, -0.2) is 39.4 Å². The summed E-state index contributed by atoms with van der Waals surface area (Å²) < 4.78 is 7.55. The summed E-state index contributed by atoms with van der Waals surface area (Å²) in [4.78, 5) is 23.5. The van der Waals surface area contributed by atoms with Crippen molar-refractivity contribution in [2.75, 3.05) is 6.61 Å². The Morgan fingerprint density at radius 2 is 1.91 bits per heavy atom. The number of aryl methyl sites for hydroxylation is 1. The SMILES string of the molecule is CCOc1ccc(-n2c(CC3CC(=O)NC(=O)N3)nnc2SCc2ccccc2C)cc1. The van der Waals surface area contributed by atoms with E-state index < -0.39 is 6.03 Å². The van der Waals surface area contributed by atoms with Gasteiger partial charge in [0.1, 0.15) is 11.6 Å². The molecule has 1 saturated heterocycles. The molecule has 3 amide bonds. The van der Waals surface area contributed by atoms with E-state index in [0.717, 1.165) is 22.3 Å². The predicted octanol–water partition coefficient (Wildman–Crippen LogP) is 3.41. The van der Waals surface area contributed by atoms with Gasteiger partial charge in [-0.3, -0.25) is 14.7 Å².